The van der Waals surface area contributed by atoms with E-state index in [2.05, 4.69) is 37.8 Å². The minimum absolute atomic E-state index is 0.0354. The minimum atomic E-state index is -0.114. The number of amides is 1. The van der Waals surface area contributed by atoms with Gasteiger partial charge in [-0.1, -0.05) is 37.5 Å². The molecule has 1 N–H and O–H groups in total. The molecule has 27 heavy (non-hydrogen) atoms. The number of aromatic nitrogens is 5. The Morgan fingerprint density at radius 1 is 1.04 bits per heavy atom. The molecule has 0 radical (unpaired) electrons. The Labute approximate surface area is 158 Å². The molecule has 3 aromatic rings. The highest BCUT2D eigenvalue weighted by molar-refractivity contribution is 5.76. The van der Waals surface area contributed by atoms with E-state index in [4.69, 9.17) is 0 Å². The van der Waals surface area contributed by atoms with Gasteiger partial charge in [-0.25, -0.2) is 0 Å². The molecule has 4 rings (SSSR count). The molecule has 1 saturated carbocycles. The van der Waals surface area contributed by atoms with Crippen molar-refractivity contribution < 1.29 is 4.79 Å². The van der Waals surface area contributed by atoms with Crippen LogP contribution >= 0.6 is 0 Å². The summed E-state index contributed by atoms with van der Waals surface area (Å²) < 4.78 is 3.88. The van der Waals surface area contributed by atoms with Gasteiger partial charge >= 0.3 is 0 Å². The summed E-state index contributed by atoms with van der Waals surface area (Å²) in [6.45, 7) is 0.308. The van der Waals surface area contributed by atoms with E-state index in [0.29, 0.717) is 18.8 Å². The van der Waals surface area contributed by atoms with Gasteiger partial charge in [-0.15, -0.1) is 5.10 Å². The second-order valence-corrected chi connectivity index (χ2v) is 7.17. The highest BCUT2D eigenvalue weighted by Gasteiger charge is 2.35. The molecule has 0 spiro atoms. The van der Waals surface area contributed by atoms with Crippen LogP contribution in [-0.4, -0.2) is 30.7 Å². The molecule has 7 nitrogen and oxygen atoms in total. The number of hydrogen-bond acceptors (Lipinski definition) is 4. The van der Waals surface area contributed by atoms with Crippen LogP contribution in [-0.2, 0) is 16.9 Å². The maximum Gasteiger partial charge on any atom is 0.222 e. The van der Waals surface area contributed by atoms with Crippen molar-refractivity contribution in [3.8, 4) is 5.69 Å². The van der Waals surface area contributed by atoms with Crippen LogP contribution in [0.4, 0.5) is 0 Å². The summed E-state index contributed by atoms with van der Waals surface area (Å²) in [4.78, 5) is 12.8. The predicted octanol–water partition coefficient (Wildman–Crippen LogP) is 2.83. The van der Waals surface area contributed by atoms with Gasteiger partial charge in [0.25, 0.3) is 0 Å². The standard InChI is InChI=1S/C20H24N6O/c27-19(15-20(11-5-2-6-12-20)25-13-7-8-14-25)21-16-18-22-23-24-26(18)17-9-3-1-4-10-17/h1,3-4,7-10,13-14H,2,5-6,11-12,15-16H2,(H,21,27). The normalized spacial score (nSPS) is 16.1. The van der Waals surface area contributed by atoms with E-state index in [0.717, 1.165) is 31.4 Å². The molecular weight excluding hydrogens is 340 g/mol. The number of nitrogens with zero attached hydrogens (tertiary/aromatic N) is 5. The van der Waals surface area contributed by atoms with E-state index < -0.39 is 0 Å². The molecule has 0 atom stereocenters. The molecule has 140 valence electrons. The molecular formula is C20H24N6O. The lowest BCUT2D eigenvalue weighted by Gasteiger charge is -2.38. The number of carbonyl (C=O) groups is 1. The minimum Gasteiger partial charge on any atom is -0.349 e. The van der Waals surface area contributed by atoms with Gasteiger partial charge in [0.1, 0.15) is 0 Å². The third-order valence-electron chi connectivity index (χ3n) is 5.40. The summed E-state index contributed by atoms with van der Waals surface area (Å²) in [5.74, 6) is 0.654. The van der Waals surface area contributed by atoms with Crippen molar-refractivity contribution >= 4 is 5.91 Å². The molecule has 0 unspecified atom stereocenters. The topological polar surface area (TPSA) is 77.6 Å². The zero-order valence-corrected chi connectivity index (χ0v) is 15.3. The number of tetrazole rings is 1. The van der Waals surface area contributed by atoms with Gasteiger partial charge < -0.3 is 9.88 Å². The van der Waals surface area contributed by atoms with Crippen LogP contribution in [0.3, 0.4) is 0 Å². The highest BCUT2D eigenvalue weighted by atomic mass is 16.1. The quantitative estimate of drug-likeness (QED) is 0.730. The second kappa shape index (κ2) is 7.73. The van der Waals surface area contributed by atoms with E-state index in [1.165, 1.54) is 6.42 Å². The SMILES string of the molecule is O=C(CC1(n2cccc2)CCCCC1)NCc1nnnn1-c1ccccc1. The van der Waals surface area contributed by atoms with Crippen molar-refractivity contribution in [1.82, 2.24) is 30.1 Å². The number of para-hydroxylation sites is 1. The van der Waals surface area contributed by atoms with Crippen molar-refractivity contribution in [2.75, 3.05) is 0 Å². The summed E-state index contributed by atoms with van der Waals surface area (Å²) in [5.41, 5.74) is 0.764. The van der Waals surface area contributed by atoms with Crippen molar-refractivity contribution in [2.45, 2.75) is 50.6 Å². The summed E-state index contributed by atoms with van der Waals surface area (Å²) in [6, 6.07) is 13.7. The van der Waals surface area contributed by atoms with Crippen molar-refractivity contribution in [3.05, 3.63) is 60.7 Å². The molecule has 0 aliphatic heterocycles. The maximum absolute atomic E-state index is 12.8. The van der Waals surface area contributed by atoms with Gasteiger partial charge in [0, 0.05) is 12.4 Å². The van der Waals surface area contributed by atoms with E-state index in [1.807, 2.05) is 42.5 Å². The Morgan fingerprint density at radius 3 is 2.52 bits per heavy atom. The van der Waals surface area contributed by atoms with Gasteiger partial charge in [0.2, 0.25) is 5.91 Å². The van der Waals surface area contributed by atoms with Crippen LogP contribution < -0.4 is 5.32 Å². The Balaban J connectivity index is 1.44. The molecule has 0 saturated heterocycles. The molecule has 1 aromatic carbocycles. The van der Waals surface area contributed by atoms with Crippen molar-refractivity contribution in [1.29, 1.82) is 0 Å². The summed E-state index contributed by atoms with van der Waals surface area (Å²) >= 11 is 0. The number of rotatable bonds is 6. The van der Waals surface area contributed by atoms with Gasteiger partial charge in [-0.2, -0.15) is 4.68 Å². The fourth-order valence-corrected chi connectivity index (χ4v) is 4.01. The number of benzene rings is 1. The molecule has 7 heteroatoms. The molecule has 0 bridgehead atoms. The number of carbonyl (C=O) groups excluding carboxylic acids is 1. The monoisotopic (exact) mass is 364 g/mol. The third-order valence-corrected chi connectivity index (χ3v) is 5.40. The molecule has 2 heterocycles. The Hall–Kier alpha value is -2.96. The van der Waals surface area contributed by atoms with Gasteiger partial charge in [0.15, 0.2) is 5.82 Å². The zero-order valence-electron chi connectivity index (χ0n) is 15.3. The zero-order chi connectivity index (χ0) is 18.5. The van der Waals surface area contributed by atoms with Crippen LogP contribution in [0.2, 0.25) is 0 Å². The van der Waals surface area contributed by atoms with Crippen LogP contribution in [0.1, 0.15) is 44.3 Å². The summed E-state index contributed by atoms with van der Waals surface area (Å²) in [7, 11) is 0. The second-order valence-electron chi connectivity index (χ2n) is 7.17. The first-order valence-electron chi connectivity index (χ1n) is 9.50. The van der Waals surface area contributed by atoms with Crippen molar-refractivity contribution in [3.63, 3.8) is 0 Å². The van der Waals surface area contributed by atoms with E-state index in [-0.39, 0.29) is 11.4 Å². The van der Waals surface area contributed by atoms with Crippen molar-refractivity contribution in [2.24, 2.45) is 0 Å². The lowest BCUT2D eigenvalue weighted by atomic mass is 9.78. The van der Waals surface area contributed by atoms with Gasteiger partial charge in [-0.3, -0.25) is 4.79 Å². The average molecular weight is 364 g/mol. The van der Waals surface area contributed by atoms with Crippen LogP contribution in [0.15, 0.2) is 54.9 Å². The average Bonchev–Trinajstić information content (AvgIpc) is 3.40. The molecule has 2 aromatic heterocycles. The molecule has 1 amide bonds. The summed E-state index contributed by atoms with van der Waals surface area (Å²) in [5, 5.41) is 14.9. The fourth-order valence-electron chi connectivity index (χ4n) is 4.01. The first-order valence-corrected chi connectivity index (χ1v) is 9.50. The fraction of sp³-hybridized carbons (Fsp3) is 0.400. The van der Waals surface area contributed by atoms with Gasteiger partial charge in [0.05, 0.1) is 24.2 Å². The molecule has 1 fully saturated rings. The molecule has 1 aliphatic carbocycles. The lowest BCUT2D eigenvalue weighted by molar-refractivity contribution is -0.123. The van der Waals surface area contributed by atoms with E-state index >= 15 is 0 Å². The first-order chi connectivity index (χ1) is 13.3. The van der Waals surface area contributed by atoms with Crippen LogP contribution in [0, 0.1) is 0 Å². The number of hydrogen-bond donors (Lipinski definition) is 1. The van der Waals surface area contributed by atoms with E-state index in [9.17, 15) is 4.79 Å². The van der Waals surface area contributed by atoms with Crippen LogP contribution in [0.5, 0.6) is 0 Å². The predicted molar refractivity (Wildman–Crippen MR) is 101 cm³/mol. The number of nitrogens with one attached hydrogen (secondary N) is 1. The van der Waals surface area contributed by atoms with Crippen LogP contribution in [0.25, 0.3) is 5.69 Å². The largest absolute Gasteiger partial charge is 0.349 e. The Kier molecular flexibility index (Phi) is 5.00. The maximum atomic E-state index is 12.8. The third kappa shape index (κ3) is 3.77. The Morgan fingerprint density at radius 2 is 1.78 bits per heavy atom. The molecule has 1 aliphatic rings. The highest BCUT2D eigenvalue weighted by Crippen LogP contribution is 2.37. The van der Waals surface area contributed by atoms with Gasteiger partial charge in [-0.05, 0) is 47.5 Å². The Bertz CT molecular complexity index is 865. The smallest absolute Gasteiger partial charge is 0.222 e. The first kappa shape index (κ1) is 17.5. The summed E-state index contributed by atoms with van der Waals surface area (Å²) in [6.07, 6.45) is 10.3. The lowest BCUT2D eigenvalue weighted by Crippen LogP contribution is -2.40. The van der Waals surface area contributed by atoms with E-state index in [1.54, 1.807) is 4.68 Å².